The van der Waals surface area contributed by atoms with Crippen LogP contribution in [0.4, 0.5) is 4.39 Å². The molecule has 2 aromatic carbocycles. The summed E-state index contributed by atoms with van der Waals surface area (Å²) in [7, 11) is 0. The number of aromatic amines is 1. The minimum atomic E-state index is -0.254. The average molecular weight is 343 g/mol. The van der Waals surface area contributed by atoms with Gasteiger partial charge in [0, 0.05) is 11.8 Å². The van der Waals surface area contributed by atoms with Crippen LogP contribution in [-0.4, -0.2) is 14.8 Å². The highest BCUT2D eigenvalue weighted by molar-refractivity contribution is 7.99. The van der Waals surface area contributed by atoms with Gasteiger partial charge < -0.3 is 0 Å². The van der Waals surface area contributed by atoms with E-state index in [-0.39, 0.29) is 16.8 Å². The highest BCUT2D eigenvalue weighted by atomic mass is 32.2. The fourth-order valence-corrected chi connectivity index (χ4v) is 3.45. The molecule has 1 aromatic heterocycles. The summed E-state index contributed by atoms with van der Waals surface area (Å²) in [6.07, 6.45) is 0.763. The lowest BCUT2D eigenvalue weighted by Crippen LogP contribution is -2.19. The largest absolute Gasteiger partial charge is 0.343 e. The number of nitrogens with zero attached hydrogens (tertiary/aromatic N) is 2. The Morgan fingerprint density at radius 2 is 1.88 bits per heavy atom. The van der Waals surface area contributed by atoms with Gasteiger partial charge in [0.05, 0.1) is 0 Å². The van der Waals surface area contributed by atoms with Crippen LogP contribution in [0.5, 0.6) is 0 Å². The van der Waals surface area contributed by atoms with Gasteiger partial charge in [-0.05, 0) is 36.6 Å². The first-order valence-electron chi connectivity index (χ1n) is 7.75. The first-order valence-corrected chi connectivity index (χ1v) is 8.62. The van der Waals surface area contributed by atoms with E-state index in [0.717, 1.165) is 12.0 Å². The maximum absolute atomic E-state index is 13.0. The SMILES string of the molecule is CC(Sc1n[nH]c(=O)n1CCc1ccccc1)c1ccc(F)cc1. The minimum Gasteiger partial charge on any atom is -0.270 e. The van der Waals surface area contributed by atoms with E-state index < -0.39 is 0 Å². The molecule has 6 heteroatoms. The second-order valence-electron chi connectivity index (χ2n) is 5.51. The Kier molecular flexibility index (Phi) is 5.15. The summed E-state index contributed by atoms with van der Waals surface area (Å²) in [5, 5.41) is 7.35. The number of hydrogen-bond donors (Lipinski definition) is 1. The Morgan fingerprint density at radius 1 is 1.17 bits per heavy atom. The predicted octanol–water partition coefficient (Wildman–Crippen LogP) is 3.81. The molecule has 0 saturated carbocycles. The summed E-state index contributed by atoms with van der Waals surface area (Å²) in [5.74, 6) is -0.254. The summed E-state index contributed by atoms with van der Waals surface area (Å²) >= 11 is 1.48. The first-order chi connectivity index (χ1) is 11.6. The quantitative estimate of drug-likeness (QED) is 0.693. The Hall–Kier alpha value is -2.34. The van der Waals surface area contributed by atoms with Crippen LogP contribution in [-0.2, 0) is 13.0 Å². The van der Waals surface area contributed by atoms with E-state index in [0.29, 0.717) is 11.7 Å². The lowest BCUT2D eigenvalue weighted by Gasteiger charge is -2.12. The summed E-state index contributed by atoms with van der Waals surface area (Å²) in [4.78, 5) is 12.0. The molecular weight excluding hydrogens is 325 g/mol. The summed E-state index contributed by atoms with van der Waals surface area (Å²) < 4.78 is 14.7. The Morgan fingerprint density at radius 3 is 2.58 bits per heavy atom. The highest BCUT2D eigenvalue weighted by Crippen LogP contribution is 2.33. The molecule has 0 amide bonds. The molecule has 1 atom stereocenters. The number of thioether (sulfide) groups is 1. The van der Waals surface area contributed by atoms with Crippen molar-refractivity contribution in [3.05, 3.63) is 82.0 Å². The fraction of sp³-hybridized carbons (Fsp3) is 0.222. The molecule has 0 aliphatic rings. The van der Waals surface area contributed by atoms with Crippen molar-refractivity contribution in [1.29, 1.82) is 0 Å². The fourth-order valence-electron chi connectivity index (χ4n) is 2.44. The maximum atomic E-state index is 13.0. The number of hydrogen-bond acceptors (Lipinski definition) is 3. The zero-order valence-corrected chi connectivity index (χ0v) is 14.1. The van der Waals surface area contributed by atoms with Gasteiger partial charge in [0.1, 0.15) is 5.82 Å². The number of aryl methyl sites for hydroxylation is 1. The van der Waals surface area contributed by atoms with Crippen molar-refractivity contribution in [2.45, 2.75) is 30.3 Å². The van der Waals surface area contributed by atoms with Crippen LogP contribution < -0.4 is 5.69 Å². The van der Waals surface area contributed by atoms with Crippen LogP contribution in [0.3, 0.4) is 0 Å². The van der Waals surface area contributed by atoms with Gasteiger partial charge in [0.2, 0.25) is 0 Å². The van der Waals surface area contributed by atoms with Crippen molar-refractivity contribution in [3.63, 3.8) is 0 Å². The smallest absolute Gasteiger partial charge is 0.270 e. The number of nitrogens with one attached hydrogen (secondary N) is 1. The lowest BCUT2D eigenvalue weighted by molar-refractivity contribution is 0.615. The van der Waals surface area contributed by atoms with E-state index in [1.807, 2.05) is 37.3 Å². The molecule has 24 heavy (non-hydrogen) atoms. The molecule has 1 N–H and O–H groups in total. The number of H-pyrrole nitrogens is 1. The van der Waals surface area contributed by atoms with Crippen LogP contribution in [0.15, 0.2) is 64.5 Å². The van der Waals surface area contributed by atoms with Crippen molar-refractivity contribution in [2.75, 3.05) is 0 Å². The second-order valence-corrected chi connectivity index (χ2v) is 6.82. The number of benzene rings is 2. The zero-order chi connectivity index (χ0) is 16.9. The van der Waals surface area contributed by atoms with Crippen molar-refractivity contribution >= 4 is 11.8 Å². The zero-order valence-electron chi connectivity index (χ0n) is 13.3. The molecule has 124 valence electrons. The average Bonchev–Trinajstić information content (AvgIpc) is 2.94. The van der Waals surface area contributed by atoms with Crippen molar-refractivity contribution in [2.24, 2.45) is 0 Å². The molecule has 0 fully saturated rings. The van der Waals surface area contributed by atoms with Gasteiger partial charge in [-0.1, -0.05) is 54.2 Å². The van der Waals surface area contributed by atoms with Crippen LogP contribution >= 0.6 is 11.8 Å². The van der Waals surface area contributed by atoms with E-state index >= 15 is 0 Å². The van der Waals surface area contributed by atoms with Crippen LogP contribution in [0.2, 0.25) is 0 Å². The first kappa shape index (κ1) is 16.5. The molecule has 3 aromatic rings. The van der Waals surface area contributed by atoms with Crippen molar-refractivity contribution in [3.8, 4) is 0 Å². The molecule has 0 saturated heterocycles. The van der Waals surface area contributed by atoms with E-state index in [9.17, 15) is 9.18 Å². The van der Waals surface area contributed by atoms with E-state index in [1.165, 1.54) is 29.5 Å². The third kappa shape index (κ3) is 3.94. The molecule has 0 aliphatic heterocycles. The monoisotopic (exact) mass is 343 g/mol. The van der Waals surface area contributed by atoms with Crippen molar-refractivity contribution < 1.29 is 4.39 Å². The predicted molar refractivity (Wildman–Crippen MR) is 93.7 cm³/mol. The Labute approximate surface area is 143 Å². The number of halogens is 1. The molecule has 4 nitrogen and oxygen atoms in total. The Balaban J connectivity index is 1.72. The summed E-state index contributed by atoms with van der Waals surface area (Å²) in [5.41, 5.74) is 1.96. The molecule has 1 unspecified atom stereocenters. The normalized spacial score (nSPS) is 12.2. The topological polar surface area (TPSA) is 50.7 Å². The van der Waals surface area contributed by atoms with Gasteiger partial charge in [0.25, 0.3) is 0 Å². The van der Waals surface area contributed by atoms with Gasteiger partial charge >= 0.3 is 5.69 Å². The van der Waals surface area contributed by atoms with E-state index in [1.54, 1.807) is 16.7 Å². The summed E-state index contributed by atoms with van der Waals surface area (Å²) in [6, 6.07) is 16.4. The molecule has 0 spiro atoms. The number of rotatable bonds is 6. The van der Waals surface area contributed by atoms with E-state index in [2.05, 4.69) is 10.2 Å². The molecule has 0 bridgehead atoms. The van der Waals surface area contributed by atoms with Gasteiger partial charge in [-0.15, -0.1) is 5.10 Å². The Bertz CT molecular complexity index is 843. The molecule has 0 radical (unpaired) electrons. The lowest BCUT2D eigenvalue weighted by atomic mass is 10.1. The standard InChI is InChI=1S/C18H18FN3OS/c1-13(15-7-9-16(19)10-8-15)24-18-21-20-17(23)22(18)12-11-14-5-3-2-4-6-14/h2-10,13H,11-12H2,1H3,(H,20,23). The molecule has 1 heterocycles. The van der Waals surface area contributed by atoms with E-state index in [4.69, 9.17) is 0 Å². The maximum Gasteiger partial charge on any atom is 0.343 e. The molecule has 0 aliphatic carbocycles. The van der Waals surface area contributed by atoms with Gasteiger partial charge in [-0.25, -0.2) is 14.3 Å². The summed E-state index contributed by atoms with van der Waals surface area (Å²) in [6.45, 7) is 2.58. The van der Waals surface area contributed by atoms with Crippen LogP contribution in [0.1, 0.15) is 23.3 Å². The van der Waals surface area contributed by atoms with Crippen molar-refractivity contribution in [1.82, 2.24) is 14.8 Å². The third-order valence-electron chi connectivity index (χ3n) is 3.81. The number of aromatic nitrogens is 3. The second kappa shape index (κ2) is 7.49. The van der Waals surface area contributed by atoms with Gasteiger partial charge in [-0.2, -0.15) is 0 Å². The minimum absolute atomic E-state index is 0.0660. The highest BCUT2D eigenvalue weighted by Gasteiger charge is 2.14. The molecular formula is C18H18FN3OS. The van der Waals surface area contributed by atoms with Gasteiger partial charge in [-0.3, -0.25) is 4.57 Å². The molecule has 3 rings (SSSR count). The van der Waals surface area contributed by atoms with Crippen LogP contribution in [0, 0.1) is 5.82 Å². The van der Waals surface area contributed by atoms with Gasteiger partial charge in [0.15, 0.2) is 5.16 Å². The van der Waals surface area contributed by atoms with Crippen LogP contribution in [0.25, 0.3) is 0 Å². The third-order valence-corrected chi connectivity index (χ3v) is 4.96.